The summed E-state index contributed by atoms with van der Waals surface area (Å²) < 4.78 is 70.2. The lowest BCUT2D eigenvalue weighted by Crippen LogP contribution is -2.23. The Kier molecular flexibility index (Phi) is 17.1. The molecule has 2 aromatic rings. The molecule has 48 heavy (non-hydrogen) atoms. The van der Waals surface area contributed by atoms with Crippen molar-refractivity contribution in [2.75, 3.05) is 12.4 Å². The topological polar surface area (TPSA) is 79.5 Å². The smallest absolute Gasteiger partial charge is 0.270 e. The summed E-state index contributed by atoms with van der Waals surface area (Å²) in [5.41, 5.74) is 8.89. The number of nitrogens with one attached hydrogen (secondary N) is 2. The van der Waals surface area contributed by atoms with Gasteiger partial charge in [-0.15, -0.1) is 0 Å². The van der Waals surface area contributed by atoms with Crippen molar-refractivity contribution in [3.63, 3.8) is 0 Å². The molecule has 0 atom stereocenters. The minimum absolute atomic E-state index is 0.136. The zero-order chi connectivity index (χ0) is 36.6. The molecule has 0 aliphatic heterocycles. The molecule has 0 spiro atoms. The van der Waals surface area contributed by atoms with E-state index < -0.39 is 40.5 Å². The maximum absolute atomic E-state index is 14.2. The van der Waals surface area contributed by atoms with Gasteiger partial charge < -0.3 is 16.4 Å². The molecule has 0 fully saturated rings. The highest BCUT2D eigenvalue weighted by Crippen LogP contribution is 2.28. The van der Waals surface area contributed by atoms with Crippen LogP contribution in [-0.4, -0.2) is 24.7 Å². The fourth-order valence-electron chi connectivity index (χ4n) is 4.27. The molecular weight excluding hydrogens is 623 g/mol. The first-order valence-corrected chi connectivity index (χ1v) is 15.6. The maximum Gasteiger partial charge on any atom is 0.270 e. The van der Waals surface area contributed by atoms with Gasteiger partial charge >= 0.3 is 0 Å². The second-order valence-corrected chi connectivity index (χ2v) is 10.9. The van der Waals surface area contributed by atoms with E-state index in [0.717, 1.165) is 46.4 Å². The zero-order valence-corrected chi connectivity index (χ0v) is 29.0. The van der Waals surface area contributed by atoms with E-state index in [1.165, 1.54) is 13.3 Å². The lowest BCUT2D eigenvalue weighted by Gasteiger charge is -2.16. The number of hydrogen-bond acceptors (Lipinski definition) is 3. The average molecular weight is 671 g/mol. The first-order chi connectivity index (χ1) is 22.6. The normalized spacial score (nSPS) is 13.7. The number of rotatable bonds is 13. The molecule has 4 N–H and O–H groups in total. The molecule has 0 bridgehead atoms. The highest BCUT2D eigenvalue weighted by Gasteiger charge is 2.27. The van der Waals surface area contributed by atoms with Crippen molar-refractivity contribution in [3.05, 3.63) is 130 Å². The number of anilines is 1. The number of carbonyl (C=O) groups excluding carboxylic acids is 1. The monoisotopic (exact) mass is 670 g/mol. The second kappa shape index (κ2) is 19.8. The maximum atomic E-state index is 14.2. The summed E-state index contributed by atoms with van der Waals surface area (Å²) in [6, 6.07) is 8.30. The third-order valence-corrected chi connectivity index (χ3v) is 6.83. The minimum atomic E-state index is -3.37. The molecule has 0 heterocycles. The Morgan fingerprint density at radius 2 is 1.58 bits per heavy atom. The van der Waals surface area contributed by atoms with Crippen molar-refractivity contribution < 1.29 is 26.7 Å². The number of amidine groups is 1. The molecule has 0 aliphatic rings. The van der Waals surface area contributed by atoms with Crippen LogP contribution >= 0.6 is 0 Å². The van der Waals surface area contributed by atoms with E-state index in [1.807, 2.05) is 62.5 Å². The van der Waals surface area contributed by atoms with Gasteiger partial charge in [-0.25, -0.2) is 22.0 Å². The molecule has 0 radical (unpaired) electrons. The van der Waals surface area contributed by atoms with Gasteiger partial charge in [0.15, 0.2) is 11.6 Å². The second-order valence-electron chi connectivity index (χ2n) is 10.9. The summed E-state index contributed by atoms with van der Waals surface area (Å²) in [4.78, 5) is 17.3. The number of nitrogens with two attached hydrogens (primary N) is 1. The van der Waals surface area contributed by atoms with Crippen LogP contribution in [0.3, 0.4) is 0 Å². The molecule has 0 aliphatic carbocycles. The summed E-state index contributed by atoms with van der Waals surface area (Å²) in [5, 5.41) is 5.04. The first kappa shape index (κ1) is 41.3. The van der Waals surface area contributed by atoms with Crippen molar-refractivity contribution in [3.8, 4) is 0 Å². The summed E-state index contributed by atoms with van der Waals surface area (Å²) >= 11 is 0. The Morgan fingerprint density at radius 1 is 1.02 bits per heavy atom. The number of hydrogen-bond donors (Lipinski definition) is 3. The highest BCUT2D eigenvalue weighted by atomic mass is 19.3. The van der Waals surface area contributed by atoms with Crippen molar-refractivity contribution in [2.24, 2.45) is 10.7 Å². The van der Waals surface area contributed by atoms with Gasteiger partial charge in [-0.05, 0) is 61.6 Å². The third-order valence-electron chi connectivity index (χ3n) is 6.83. The van der Waals surface area contributed by atoms with Crippen molar-refractivity contribution >= 4 is 23.0 Å². The number of nitrogens with zero attached hydrogens (tertiary/aromatic N) is 1. The van der Waals surface area contributed by atoms with Crippen LogP contribution in [0.4, 0.5) is 27.6 Å². The van der Waals surface area contributed by atoms with Crippen LogP contribution in [0.2, 0.25) is 0 Å². The van der Waals surface area contributed by atoms with Gasteiger partial charge in [-0.2, -0.15) is 0 Å². The molecule has 10 heteroatoms. The van der Waals surface area contributed by atoms with Crippen LogP contribution in [0.5, 0.6) is 0 Å². The molecule has 260 valence electrons. The average Bonchev–Trinajstić information content (AvgIpc) is 3.02. The van der Waals surface area contributed by atoms with E-state index in [4.69, 9.17) is 5.73 Å². The molecule has 0 unspecified atom stereocenters. The number of halogens is 5. The van der Waals surface area contributed by atoms with Gasteiger partial charge in [0.1, 0.15) is 17.3 Å². The lowest BCUT2D eigenvalue weighted by molar-refractivity contribution is -0.112. The van der Waals surface area contributed by atoms with Crippen LogP contribution in [0, 0.1) is 17.5 Å². The largest absolute Gasteiger partial charge is 0.384 e. The van der Waals surface area contributed by atoms with Crippen molar-refractivity contribution in [1.29, 1.82) is 0 Å². The van der Waals surface area contributed by atoms with E-state index in [0.29, 0.717) is 24.9 Å². The Morgan fingerprint density at radius 3 is 2.04 bits per heavy atom. The molecule has 0 aromatic heterocycles. The summed E-state index contributed by atoms with van der Waals surface area (Å²) in [5.74, 6) is -7.94. The van der Waals surface area contributed by atoms with Crippen LogP contribution in [0.1, 0.15) is 72.4 Å². The van der Waals surface area contributed by atoms with Gasteiger partial charge in [-0.3, -0.25) is 9.79 Å². The Balaban J connectivity index is 0.00000369. The quantitative estimate of drug-likeness (QED) is 0.0653. The third kappa shape index (κ3) is 12.5. The standard InChI is InChI=1S/C35H39F5N4O.C3H8/c1-8-11-21(4)28(33(41)42-7)16-24(9-2)25-14-12-23(13-15-25)20-43-22(5)29(17-26(10-3)35(6,39)40)34(45)44-32-30(37)18-27(36)19-31(32)38;1-3-2/h9-19,43H,3,8,20H2,1-2,4-7H3,(H2,41,42)(H,44,45);3H2,1-2H3/b21-11+,24-9+,26-17+,28-16+,29-22-;. The number of amides is 1. The van der Waals surface area contributed by atoms with Gasteiger partial charge in [-0.1, -0.05) is 76.3 Å². The molecule has 0 saturated heterocycles. The van der Waals surface area contributed by atoms with Crippen LogP contribution < -0.4 is 16.4 Å². The summed E-state index contributed by atoms with van der Waals surface area (Å²) in [6.07, 6.45) is 9.85. The zero-order valence-electron chi connectivity index (χ0n) is 29.0. The number of benzene rings is 2. The molecule has 0 saturated carbocycles. The van der Waals surface area contributed by atoms with Crippen molar-refractivity contribution in [1.82, 2.24) is 5.32 Å². The van der Waals surface area contributed by atoms with Gasteiger partial charge in [0.25, 0.3) is 11.8 Å². The molecular formula is C38H47F5N4O. The summed E-state index contributed by atoms with van der Waals surface area (Å²) in [6.45, 7) is 15.8. The molecule has 2 aromatic carbocycles. The van der Waals surface area contributed by atoms with E-state index in [9.17, 15) is 26.7 Å². The molecule has 2 rings (SSSR count). The SMILES string of the molecule is C=C/C(=C\C(C(=O)Nc1c(F)cc(F)cc1F)=C(/C)NCc1ccc(C(/C=C(C(N)=NC)\C(C)=C\CC)=C/C)cc1)C(C)(F)F.CCC. The van der Waals surface area contributed by atoms with E-state index in [2.05, 4.69) is 36.8 Å². The van der Waals surface area contributed by atoms with Crippen LogP contribution in [0.15, 0.2) is 106 Å². The van der Waals surface area contributed by atoms with E-state index in [1.54, 1.807) is 7.05 Å². The highest BCUT2D eigenvalue weighted by molar-refractivity contribution is 6.06. The van der Waals surface area contributed by atoms with E-state index >= 15 is 0 Å². The van der Waals surface area contributed by atoms with Crippen LogP contribution in [0.25, 0.3) is 5.57 Å². The Labute approximate surface area is 281 Å². The van der Waals surface area contributed by atoms with Crippen molar-refractivity contribution in [2.45, 2.75) is 73.8 Å². The van der Waals surface area contributed by atoms with Gasteiger partial charge in [0, 0.05) is 49.5 Å². The fraction of sp³-hybridized carbons (Fsp3) is 0.316. The number of aliphatic imine (C=N–C) groups is 1. The fourth-order valence-corrected chi connectivity index (χ4v) is 4.27. The summed E-state index contributed by atoms with van der Waals surface area (Å²) in [7, 11) is 1.63. The first-order valence-electron chi connectivity index (χ1n) is 15.6. The van der Waals surface area contributed by atoms with Crippen LogP contribution in [-0.2, 0) is 11.3 Å². The minimum Gasteiger partial charge on any atom is -0.384 e. The van der Waals surface area contributed by atoms with Gasteiger partial charge in [0.05, 0.1) is 5.57 Å². The molecule has 5 nitrogen and oxygen atoms in total. The van der Waals surface area contributed by atoms with E-state index in [-0.39, 0.29) is 17.8 Å². The Hall–Kier alpha value is -4.73. The predicted molar refractivity (Wildman–Crippen MR) is 189 cm³/mol. The van der Waals surface area contributed by atoms with Gasteiger partial charge in [0.2, 0.25) is 0 Å². The number of allylic oxidation sites excluding steroid dienone is 7. The predicted octanol–water partition coefficient (Wildman–Crippen LogP) is 9.96. The Bertz CT molecular complexity index is 1590. The lowest BCUT2D eigenvalue weighted by atomic mass is 9.97. The molecule has 1 amide bonds. The number of carbonyl (C=O) groups is 1. The number of alkyl halides is 2.